The molecule has 1 aliphatic rings. The number of rotatable bonds is 3. The standard InChI is InChI=1S/C12H11BN2O2/c1-8-11(10(16)7-13)12(17)15(14-8)9-5-3-2-4-6-9/h2-6,11H,7H2,1H3. The number of anilines is 1. The van der Waals surface area contributed by atoms with E-state index in [-0.39, 0.29) is 18.0 Å². The predicted octanol–water partition coefficient (Wildman–Crippen LogP) is 1.18. The van der Waals surface area contributed by atoms with Crippen LogP contribution in [0.5, 0.6) is 0 Å². The van der Waals surface area contributed by atoms with Crippen LogP contribution in [0.25, 0.3) is 0 Å². The summed E-state index contributed by atoms with van der Waals surface area (Å²) >= 11 is 0. The zero-order chi connectivity index (χ0) is 12.4. The van der Waals surface area contributed by atoms with Crippen LogP contribution in [0.2, 0.25) is 6.32 Å². The Hall–Kier alpha value is -1.91. The number of nitrogens with zero attached hydrogens (tertiary/aromatic N) is 2. The van der Waals surface area contributed by atoms with Gasteiger partial charge in [-0.3, -0.25) is 9.59 Å². The molecule has 0 saturated carbocycles. The number of carbonyl (C=O) groups excluding carboxylic acids is 2. The fraction of sp³-hybridized carbons (Fsp3) is 0.250. The second kappa shape index (κ2) is 4.53. The molecular formula is C12H11BN2O2. The lowest BCUT2D eigenvalue weighted by Gasteiger charge is -2.13. The highest BCUT2D eigenvalue weighted by atomic mass is 16.2. The van der Waals surface area contributed by atoms with E-state index in [0.717, 1.165) is 0 Å². The summed E-state index contributed by atoms with van der Waals surface area (Å²) in [4.78, 5) is 23.6. The normalized spacial score (nSPS) is 19.4. The maximum atomic E-state index is 12.1. The minimum atomic E-state index is -0.819. The fourth-order valence-corrected chi connectivity index (χ4v) is 1.81. The van der Waals surface area contributed by atoms with E-state index in [1.54, 1.807) is 19.1 Å². The van der Waals surface area contributed by atoms with Crippen LogP contribution >= 0.6 is 0 Å². The van der Waals surface area contributed by atoms with Gasteiger partial charge in [0.2, 0.25) is 0 Å². The maximum absolute atomic E-state index is 12.1. The molecule has 1 aromatic carbocycles. The lowest BCUT2D eigenvalue weighted by Crippen LogP contribution is -2.32. The van der Waals surface area contributed by atoms with Crippen molar-refractivity contribution >= 4 is 30.9 Å². The van der Waals surface area contributed by atoms with Crippen LogP contribution in [-0.4, -0.2) is 25.2 Å². The average Bonchev–Trinajstić information content (AvgIpc) is 2.65. The van der Waals surface area contributed by atoms with E-state index < -0.39 is 5.92 Å². The molecule has 0 saturated heterocycles. The van der Waals surface area contributed by atoms with Gasteiger partial charge in [0.05, 0.1) is 19.2 Å². The van der Waals surface area contributed by atoms with Crippen molar-refractivity contribution in [1.29, 1.82) is 0 Å². The third-order valence-corrected chi connectivity index (χ3v) is 2.66. The Morgan fingerprint density at radius 3 is 2.65 bits per heavy atom. The summed E-state index contributed by atoms with van der Waals surface area (Å²) in [6.07, 6.45) is -0.147. The molecule has 0 fully saturated rings. The molecule has 0 bridgehead atoms. The van der Waals surface area contributed by atoms with E-state index in [0.29, 0.717) is 11.4 Å². The Labute approximate surface area is 101 Å². The van der Waals surface area contributed by atoms with Gasteiger partial charge in [0, 0.05) is 0 Å². The Morgan fingerprint density at radius 2 is 2.06 bits per heavy atom. The SMILES string of the molecule is [B]CC(=O)C1C(=O)N(c2ccccc2)N=C1C. The molecule has 84 valence electrons. The van der Waals surface area contributed by atoms with E-state index in [1.165, 1.54) is 5.01 Å². The van der Waals surface area contributed by atoms with Crippen molar-refractivity contribution in [3.05, 3.63) is 30.3 Å². The molecule has 1 amide bonds. The predicted molar refractivity (Wildman–Crippen MR) is 66.1 cm³/mol. The van der Waals surface area contributed by atoms with Gasteiger partial charge in [-0.1, -0.05) is 18.2 Å². The minimum absolute atomic E-state index is 0.147. The van der Waals surface area contributed by atoms with Crippen molar-refractivity contribution in [2.75, 3.05) is 5.01 Å². The monoisotopic (exact) mass is 226 g/mol. The van der Waals surface area contributed by atoms with Gasteiger partial charge in [-0.05, 0) is 25.4 Å². The molecule has 1 heterocycles. The van der Waals surface area contributed by atoms with E-state index >= 15 is 0 Å². The third-order valence-electron chi connectivity index (χ3n) is 2.66. The first-order valence-corrected chi connectivity index (χ1v) is 5.32. The number of hydrogen-bond donors (Lipinski definition) is 0. The van der Waals surface area contributed by atoms with Crippen LogP contribution in [-0.2, 0) is 9.59 Å². The number of amides is 1. The van der Waals surface area contributed by atoms with Crippen molar-refractivity contribution in [1.82, 2.24) is 0 Å². The van der Waals surface area contributed by atoms with Crippen molar-refractivity contribution in [2.24, 2.45) is 11.0 Å². The molecule has 0 aliphatic carbocycles. The number of para-hydroxylation sites is 1. The number of Topliss-reactive ketones (excluding diaryl/α,β-unsaturated/α-hetero) is 1. The van der Waals surface area contributed by atoms with Crippen LogP contribution in [0.3, 0.4) is 0 Å². The van der Waals surface area contributed by atoms with Gasteiger partial charge in [0.1, 0.15) is 11.7 Å². The highest BCUT2D eigenvalue weighted by molar-refractivity contribution is 6.33. The van der Waals surface area contributed by atoms with E-state index in [2.05, 4.69) is 5.10 Å². The molecule has 1 unspecified atom stereocenters. The Bertz CT molecular complexity index is 485. The molecule has 0 spiro atoms. The van der Waals surface area contributed by atoms with E-state index in [4.69, 9.17) is 7.85 Å². The summed E-state index contributed by atoms with van der Waals surface area (Å²) in [6.45, 7) is 1.67. The molecule has 2 rings (SSSR count). The van der Waals surface area contributed by atoms with E-state index in [9.17, 15) is 9.59 Å². The van der Waals surface area contributed by atoms with Crippen molar-refractivity contribution in [3.63, 3.8) is 0 Å². The van der Waals surface area contributed by atoms with Gasteiger partial charge >= 0.3 is 0 Å². The molecule has 2 radical (unpaired) electrons. The number of hydrogen-bond acceptors (Lipinski definition) is 3. The van der Waals surface area contributed by atoms with Crippen LogP contribution in [0, 0.1) is 5.92 Å². The summed E-state index contributed by atoms with van der Waals surface area (Å²) in [5.74, 6) is -1.45. The highest BCUT2D eigenvalue weighted by Gasteiger charge is 2.38. The van der Waals surface area contributed by atoms with Crippen LogP contribution in [0.15, 0.2) is 35.4 Å². The van der Waals surface area contributed by atoms with Crippen molar-refractivity contribution in [3.8, 4) is 0 Å². The minimum Gasteiger partial charge on any atom is -0.299 e. The number of ketones is 1. The summed E-state index contributed by atoms with van der Waals surface area (Å²) < 4.78 is 0. The quantitative estimate of drug-likeness (QED) is 0.573. The summed E-state index contributed by atoms with van der Waals surface area (Å²) in [5.41, 5.74) is 1.15. The lowest BCUT2D eigenvalue weighted by atomic mass is 9.89. The number of carbonyl (C=O) groups is 2. The summed E-state index contributed by atoms with van der Waals surface area (Å²) in [7, 11) is 5.29. The van der Waals surface area contributed by atoms with Gasteiger partial charge in [-0.15, -0.1) is 0 Å². The molecule has 0 N–H and O–H groups in total. The first-order valence-electron chi connectivity index (χ1n) is 5.32. The van der Waals surface area contributed by atoms with Gasteiger partial charge in [-0.2, -0.15) is 10.1 Å². The Morgan fingerprint density at radius 1 is 1.41 bits per heavy atom. The smallest absolute Gasteiger partial charge is 0.263 e. The number of hydrazone groups is 1. The number of benzene rings is 1. The second-order valence-corrected chi connectivity index (χ2v) is 3.83. The molecule has 0 aromatic heterocycles. The Balaban J connectivity index is 2.31. The largest absolute Gasteiger partial charge is 0.299 e. The summed E-state index contributed by atoms with van der Waals surface area (Å²) in [5, 5.41) is 5.37. The fourth-order valence-electron chi connectivity index (χ4n) is 1.81. The molecule has 1 aliphatic heterocycles. The van der Waals surface area contributed by atoms with Crippen molar-refractivity contribution < 1.29 is 9.59 Å². The topological polar surface area (TPSA) is 49.7 Å². The average molecular weight is 226 g/mol. The van der Waals surface area contributed by atoms with Gasteiger partial charge < -0.3 is 0 Å². The first-order chi connectivity index (χ1) is 8.15. The van der Waals surface area contributed by atoms with Crippen molar-refractivity contribution in [2.45, 2.75) is 13.2 Å². The van der Waals surface area contributed by atoms with Crippen LogP contribution in [0.1, 0.15) is 6.92 Å². The highest BCUT2D eigenvalue weighted by Crippen LogP contribution is 2.24. The lowest BCUT2D eigenvalue weighted by molar-refractivity contribution is -0.127. The zero-order valence-electron chi connectivity index (χ0n) is 9.46. The second-order valence-electron chi connectivity index (χ2n) is 3.83. The van der Waals surface area contributed by atoms with Crippen LogP contribution in [0.4, 0.5) is 5.69 Å². The molecular weight excluding hydrogens is 215 g/mol. The van der Waals surface area contributed by atoms with Gasteiger partial charge in [-0.25, -0.2) is 0 Å². The van der Waals surface area contributed by atoms with Gasteiger partial charge in [0.25, 0.3) is 5.91 Å². The molecule has 5 heteroatoms. The molecule has 1 aromatic rings. The Kier molecular flexibility index (Phi) is 3.09. The summed E-state index contributed by atoms with van der Waals surface area (Å²) in [6, 6.07) is 9.01. The molecule has 1 atom stereocenters. The van der Waals surface area contributed by atoms with Crippen LogP contribution < -0.4 is 5.01 Å². The molecule has 17 heavy (non-hydrogen) atoms. The van der Waals surface area contributed by atoms with E-state index in [1.807, 2.05) is 18.2 Å². The zero-order valence-corrected chi connectivity index (χ0v) is 9.46. The first kappa shape index (κ1) is 11.6. The third kappa shape index (κ3) is 2.00. The maximum Gasteiger partial charge on any atom is 0.263 e. The molecule has 4 nitrogen and oxygen atoms in total. The van der Waals surface area contributed by atoms with Gasteiger partial charge in [0.15, 0.2) is 0 Å².